The molecule has 1 aromatic carbocycles. The molecule has 124 valence electrons. The third kappa shape index (κ3) is 2.58. The van der Waals surface area contributed by atoms with E-state index in [2.05, 4.69) is 20.7 Å². The van der Waals surface area contributed by atoms with Crippen LogP contribution in [0.4, 0.5) is 8.78 Å². The molecule has 0 unspecified atom stereocenters. The molecule has 8 heteroatoms. The maximum Gasteiger partial charge on any atom is 0.159 e. The molecular weight excluding hydrogens is 314 g/mol. The Kier molecular flexibility index (Phi) is 3.61. The first-order chi connectivity index (χ1) is 11.6. The Labute approximate surface area is 137 Å². The van der Waals surface area contributed by atoms with Crippen LogP contribution in [0.25, 0.3) is 11.4 Å². The second-order valence-electron chi connectivity index (χ2n) is 5.88. The number of hydrogen-bond acceptors (Lipinski definition) is 4. The highest BCUT2D eigenvalue weighted by atomic mass is 19.2. The van der Waals surface area contributed by atoms with Gasteiger partial charge in [0.1, 0.15) is 11.4 Å². The predicted octanol–water partition coefficient (Wildman–Crippen LogP) is 1.65. The molecule has 0 amide bonds. The van der Waals surface area contributed by atoms with E-state index in [1.54, 1.807) is 17.8 Å². The van der Waals surface area contributed by atoms with Crippen LogP contribution in [0.3, 0.4) is 0 Å². The van der Waals surface area contributed by atoms with Gasteiger partial charge in [0.15, 0.2) is 11.6 Å². The van der Waals surface area contributed by atoms with E-state index in [9.17, 15) is 8.78 Å². The number of fused-ring (bicyclic) bond motifs is 1. The van der Waals surface area contributed by atoms with Gasteiger partial charge in [0.05, 0.1) is 12.7 Å². The van der Waals surface area contributed by atoms with Crippen LogP contribution in [0, 0.1) is 11.6 Å². The van der Waals surface area contributed by atoms with Crippen molar-refractivity contribution in [3.63, 3.8) is 0 Å². The molecule has 0 atom stereocenters. The lowest BCUT2D eigenvalue weighted by molar-refractivity contribution is 0.505. The lowest BCUT2D eigenvalue weighted by Crippen LogP contribution is -2.25. The van der Waals surface area contributed by atoms with Crippen molar-refractivity contribution in [2.75, 3.05) is 6.54 Å². The second kappa shape index (κ2) is 5.79. The number of rotatable bonds is 3. The average Bonchev–Trinajstić information content (AvgIpc) is 3.15. The number of nitrogens with zero attached hydrogens (tertiary/aromatic N) is 5. The third-order valence-electron chi connectivity index (χ3n) is 4.17. The monoisotopic (exact) mass is 330 g/mol. The summed E-state index contributed by atoms with van der Waals surface area (Å²) in [5, 5.41) is 16.1. The number of aryl methyl sites for hydroxylation is 1. The minimum Gasteiger partial charge on any atom is -0.312 e. The number of benzene rings is 1. The Hall–Kier alpha value is -2.61. The first-order valence-electron chi connectivity index (χ1n) is 7.71. The highest BCUT2D eigenvalue weighted by Gasteiger charge is 2.23. The Bertz CT molecular complexity index is 898. The van der Waals surface area contributed by atoms with E-state index in [1.807, 2.05) is 10.9 Å². The van der Waals surface area contributed by atoms with E-state index >= 15 is 0 Å². The van der Waals surface area contributed by atoms with E-state index in [0.29, 0.717) is 24.3 Å². The molecule has 3 heterocycles. The summed E-state index contributed by atoms with van der Waals surface area (Å²) < 4.78 is 30.1. The summed E-state index contributed by atoms with van der Waals surface area (Å²) >= 11 is 0. The van der Waals surface area contributed by atoms with Gasteiger partial charge in [0.2, 0.25) is 0 Å². The summed E-state index contributed by atoms with van der Waals surface area (Å²) in [5.74, 6) is -1.69. The summed E-state index contributed by atoms with van der Waals surface area (Å²) in [4.78, 5) is 0. The standard InChI is InChI=1S/C16H16F2N6/c1-23-9-14(20-22-23)16-11-7-19-5-4-15(11)24(21-16)8-10-2-3-12(17)13(18)6-10/h2-3,6,9,19H,4-5,7-8H2,1H3. The van der Waals surface area contributed by atoms with Crippen molar-refractivity contribution < 1.29 is 8.78 Å². The number of halogens is 2. The Balaban J connectivity index is 1.75. The SMILES string of the molecule is Cn1cc(-c2nn(Cc3ccc(F)c(F)c3)c3c2CNCC3)nn1. The first-order valence-corrected chi connectivity index (χ1v) is 7.71. The highest BCUT2D eigenvalue weighted by molar-refractivity contribution is 5.59. The van der Waals surface area contributed by atoms with Crippen molar-refractivity contribution in [3.05, 3.63) is 52.9 Å². The van der Waals surface area contributed by atoms with Crippen molar-refractivity contribution in [2.45, 2.75) is 19.5 Å². The number of nitrogens with one attached hydrogen (secondary N) is 1. The van der Waals surface area contributed by atoms with E-state index in [-0.39, 0.29) is 0 Å². The maximum atomic E-state index is 13.5. The summed E-state index contributed by atoms with van der Waals surface area (Å²) in [6.45, 7) is 1.95. The average molecular weight is 330 g/mol. The maximum absolute atomic E-state index is 13.5. The van der Waals surface area contributed by atoms with Gasteiger partial charge in [0.25, 0.3) is 0 Å². The molecule has 0 radical (unpaired) electrons. The van der Waals surface area contributed by atoms with Crippen molar-refractivity contribution in [1.82, 2.24) is 30.1 Å². The summed E-state index contributed by atoms with van der Waals surface area (Å²) in [5.41, 5.74) is 4.35. The molecule has 3 aromatic rings. The Morgan fingerprint density at radius 1 is 1.25 bits per heavy atom. The number of hydrogen-bond donors (Lipinski definition) is 1. The Morgan fingerprint density at radius 2 is 2.12 bits per heavy atom. The third-order valence-corrected chi connectivity index (χ3v) is 4.17. The van der Waals surface area contributed by atoms with E-state index in [4.69, 9.17) is 0 Å². The van der Waals surface area contributed by atoms with Gasteiger partial charge in [-0.2, -0.15) is 5.10 Å². The lowest BCUT2D eigenvalue weighted by Gasteiger charge is -2.15. The fourth-order valence-corrected chi connectivity index (χ4v) is 3.02. The molecule has 0 bridgehead atoms. The van der Waals surface area contributed by atoms with Crippen molar-refractivity contribution in [2.24, 2.45) is 7.05 Å². The van der Waals surface area contributed by atoms with E-state index in [0.717, 1.165) is 36.0 Å². The van der Waals surface area contributed by atoms with Crippen LogP contribution in [0.1, 0.15) is 16.8 Å². The van der Waals surface area contributed by atoms with Crippen LogP contribution in [0.2, 0.25) is 0 Å². The van der Waals surface area contributed by atoms with Gasteiger partial charge in [-0.25, -0.2) is 8.78 Å². The van der Waals surface area contributed by atoms with Crippen molar-refractivity contribution in [1.29, 1.82) is 0 Å². The summed E-state index contributed by atoms with van der Waals surface area (Å²) in [7, 11) is 1.81. The van der Waals surface area contributed by atoms with Gasteiger partial charge < -0.3 is 5.32 Å². The molecule has 0 aliphatic carbocycles. The molecule has 2 aromatic heterocycles. The molecule has 0 fully saturated rings. The van der Waals surface area contributed by atoms with E-state index in [1.165, 1.54) is 6.07 Å². The van der Waals surface area contributed by atoms with Gasteiger partial charge in [-0.3, -0.25) is 9.36 Å². The minimum atomic E-state index is -0.843. The second-order valence-corrected chi connectivity index (χ2v) is 5.88. The fraction of sp³-hybridized carbons (Fsp3) is 0.312. The normalized spacial score (nSPS) is 14.0. The zero-order chi connectivity index (χ0) is 16.7. The van der Waals surface area contributed by atoms with Crippen molar-refractivity contribution >= 4 is 0 Å². The van der Waals surface area contributed by atoms with Gasteiger partial charge >= 0.3 is 0 Å². The lowest BCUT2D eigenvalue weighted by atomic mass is 10.1. The predicted molar refractivity (Wildman–Crippen MR) is 83.1 cm³/mol. The molecular formula is C16H16F2N6. The zero-order valence-corrected chi connectivity index (χ0v) is 13.1. The van der Waals surface area contributed by atoms with Gasteiger partial charge in [-0.1, -0.05) is 11.3 Å². The van der Waals surface area contributed by atoms with Crippen LogP contribution < -0.4 is 5.32 Å². The first kappa shape index (κ1) is 14.9. The molecule has 0 spiro atoms. The van der Waals surface area contributed by atoms with Crippen LogP contribution in [-0.2, 0) is 26.6 Å². The Morgan fingerprint density at radius 3 is 2.88 bits per heavy atom. The van der Waals surface area contributed by atoms with Crippen LogP contribution in [0.15, 0.2) is 24.4 Å². The smallest absolute Gasteiger partial charge is 0.159 e. The van der Waals surface area contributed by atoms with Gasteiger partial charge in [-0.05, 0) is 17.7 Å². The van der Waals surface area contributed by atoms with Gasteiger partial charge in [-0.15, -0.1) is 5.10 Å². The fourth-order valence-electron chi connectivity index (χ4n) is 3.02. The van der Waals surface area contributed by atoms with Crippen LogP contribution in [0.5, 0.6) is 0 Å². The molecule has 1 aliphatic rings. The molecule has 1 N–H and O–H groups in total. The summed E-state index contributed by atoms with van der Waals surface area (Å²) in [6.07, 6.45) is 2.64. The van der Waals surface area contributed by atoms with E-state index < -0.39 is 11.6 Å². The van der Waals surface area contributed by atoms with Crippen LogP contribution >= 0.6 is 0 Å². The van der Waals surface area contributed by atoms with Crippen molar-refractivity contribution in [3.8, 4) is 11.4 Å². The summed E-state index contributed by atoms with van der Waals surface area (Å²) in [6, 6.07) is 3.94. The molecule has 4 rings (SSSR count). The van der Waals surface area contributed by atoms with Crippen LogP contribution in [-0.4, -0.2) is 31.3 Å². The number of aromatic nitrogens is 5. The molecule has 6 nitrogen and oxygen atoms in total. The topological polar surface area (TPSA) is 60.6 Å². The molecule has 1 aliphatic heterocycles. The zero-order valence-electron chi connectivity index (χ0n) is 13.1. The molecule has 0 saturated heterocycles. The highest BCUT2D eigenvalue weighted by Crippen LogP contribution is 2.26. The largest absolute Gasteiger partial charge is 0.312 e. The molecule has 24 heavy (non-hydrogen) atoms. The molecule has 0 saturated carbocycles. The quantitative estimate of drug-likeness (QED) is 0.793. The minimum absolute atomic E-state index is 0.389. The van der Waals surface area contributed by atoms with Gasteiger partial charge in [0, 0.05) is 37.8 Å².